The van der Waals surface area contributed by atoms with Gasteiger partial charge in [-0.25, -0.2) is 15.0 Å². The van der Waals surface area contributed by atoms with Crippen molar-refractivity contribution in [2.24, 2.45) is 0 Å². The molecule has 1 aliphatic heterocycles. The molecule has 0 saturated heterocycles. The van der Waals surface area contributed by atoms with Crippen molar-refractivity contribution in [1.29, 1.82) is 0 Å². The Morgan fingerprint density at radius 1 is 1.36 bits per heavy atom. The standard InChI is InChI=1S/C17H18N6O2/c1-23(17-15-16(19-9-18-15)20-10-21-17)8-14(24)22-12-6-7-25-13-5-3-2-4-11(12)13/h2-5,9-10,12H,6-8H2,1H3,(H,22,24)(H,18,19,20,21)/t12-/m1/s1. The van der Waals surface area contributed by atoms with E-state index in [1.54, 1.807) is 11.2 Å². The van der Waals surface area contributed by atoms with Crippen LogP contribution in [-0.2, 0) is 4.79 Å². The fraction of sp³-hybridized carbons (Fsp3) is 0.294. The number of nitrogens with zero attached hydrogens (tertiary/aromatic N) is 4. The first-order valence-electron chi connectivity index (χ1n) is 8.08. The topological polar surface area (TPSA) is 96.0 Å². The Hall–Kier alpha value is -3.16. The second kappa shape index (κ2) is 6.39. The molecule has 8 heteroatoms. The lowest BCUT2D eigenvalue weighted by atomic mass is 10.0. The Balaban J connectivity index is 1.47. The normalized spacial score (nSPS) is 16.1. The van der Waals surface area contributed by atoms with E-state index in [1.165, 1.54) is 6.33 Å². The van der Waals surface area contributed by atoms with Crippen LogP contribution in [0.25, 0.3) is 11.2 Å². The number of ether oxygens (including phenoxy) is 1. The van der Waals surface area contributed by atoms with Gasteiger partial charge in [-0.05, 0) is 6.07 Å². The molecule has 3 aromatic rings. The van der Waals surface area contributed by atoms with Crippen molar-refractivity contribution in [2.75, 3.05) is 25.1 Å². The molecular formula is C17H18N6O2. The first kappa shape index (κ1) is 15.4. The van der Waals surface area contributed by atoms with Crippen molar-refractivity contribution in [1.82, 2.24) is 25.3 Å². The number of aromatic amines is 1. The van der Waals surface area contributed by atoms with Crippen molar-refractivity contribution < 1.29 is 9.53 Å². The van der Waals surface area contributed by atoms with Crippen LogP contribution in [0.4, 0.5) is 5.82 Å². The number of nitrogens with one attached hydrogen (secondary N) is 2. The van der Waals surface area contributed by atoms with E-state index in [4.69, 9.17) is 4.74 Å². The van der Waals surface area contributed by atoms with Gasteiger partial charge in [0.05, 0.1) is 25.5 Å². The summed E-state index contributed by atoms with van der Waals surface area (Å²) in [7, 11) is 1.82. The molecule has 1 aliphatic rings. The van der Waals surface area contributed by atoms with Crippen LogP contribution in [0.2, 0.25) is 0 Å². The molecule has 0 saturated carbocycles. The molecule has 0 radical (unpaired) electrons. The maximum Gasteiger partial charge on any atom is 0.240 e. The number of hydrogen-bond donors (Lipinski definition) is 2. The summed E-state index contributed by atoms with van der Waals surface area (Å²) in [6, 6.07) is 7.76. The molecule has 0 unspecified atom stereocenters. The summed E-state index contributed by atoms with van der Waals surface area (Å²) < 4.78 is 5.64. The molecule has 2 aromatic heterocycles. The van der Waals surface area contributed by atoms with Gasteiger partial charge in [0.25, 0.3) is 0 Å². The van der Waals surface area contributed by atoms with Gasteiger partial charge in [0, 0.05) is 19.0 Å². The highest BCUT2D eigenvalue weighted by molar-refractivity contribution is 5.87. The zero-order chi connectivity index (χ0) is 17.2. The molecule has 25 heavy (non-hydrogen) atoms. The van der Waals surface area contributed by atoms with Crippen molar-refractivity contribution in [3.8, 4) is 5.75 Å². The number of imidazole rings is 1. The van der Waals surface area contributed by atoms with Gasteiger partial charge in [0.2, 0.25) is 5.91 Å². The summed E-state index contributed by atoms with van der Waals surface area (Å²) in [5, 5.41) is 3.09. The third kappa shape index (κ3) is 2.98. The summed E-state index contributed by atoms with van der Waals surface area (Å²) in [6.45, 7) is 0.781. The zero-order valence-electron chi connectivity index (χ0n) is 13.8. The van der Waals surface area contributed by atoms with Gasteiger partial charge in [0.1, 0.15) is 17.6 Å². The quantitative estimate of drug-likeness (QED) is 0.747. The average molecular weight is 338 g/mol. The number of carbonyl (C=O) groups excluding carboxylic acids is 1. The van der Waals surface area contributed by atoms with Crippen molar-refractivity contribution >= 4 is 22.9 Å². The number of amides is 1. The molecule has 0 spiro atoms. The molecular weight excluding hydrogens is 320 g/mol. The van der Waals surface area contributed by atoms with Crippen LogP contribution in [0, 0.1) is 0 Å². The van der Waals surface area contributed by atoms with E-state index in [9.17, 15) is 4.79 Å². The number of aromatic nitrogens is 4. The Morgan fingerprint density at radius 3 is 3.16 bits per heavy atom. The van der Waals surface area contributed by atoms with Gasteiger partial charge in [-0.15, -0.1) is 0 Å². The van der Waals surface area contributed by atoms with Gasteiger partial charge in [-0.2, -0.15) is 0 Å². The summed E-state index contributed by atoms with van der Waals surface area (Å²) >= 11 is 0. The van der Waals surface area contributed by atoms with Gasteiger partial charge in [0.15, 0.2) is 11.5 Å². The number of hydrogen-bond acceptors (Lipinski definition) is 6. The number of likely N-dealkylation sites (N-methyl/N-ethyl adjacent to an activating group) is 1. The van der Waals surface area contributed by atoms with Crippen LogP contribution in [0.1, 0.15) is 18.0 Å². The van der Waals surface area contributed by atoms with Crippen LogP contribution in [-0.4, -0.2) is 46.0 Å². The molecule has 0 aliphatic carbocycles. The SMILES string of the molecule is CN(CC(=O)N[C@@H]1CCOc2ccccc21)c1ncnc2nc[nH]c12. The minimum atomic E-state index is -0.0736. The number of anilines is 1. The van der Waals surface area contributed by atoms with Gasteiger partial charge in [-0.3, -0.25) is 4.79 Å². The lowest BCUT2D eigenvalue weighted by Crippen LogP contribution is -2.39. The number of rotatable bonds is 4. The molecule has 128 valence electrons. The Bertz CT molecular complexity index is 909. The van der Waals surface area contributed by atoms with Crippen LogP contribution >= 0.6 is 0 Å². The molecule has 3 heterocycles. The first-order valence-corrected chi connectivity index (χ1v) is 8.08. The van der Waals surface area contributed by atoms with E-state index < -0.39 is 0 Å². The summed E-state index contributed by atoms with van der Waals surface area (Å²) in [5.41, 5.74) is 2.31. The summed E-state index contributed by atoms with van der Waals surface area (Å²) in [4.78, 5) is 29.8. The Labute approximate surface area is 144 Å². The highest BCUT2D eigenvalue weighted by Gasteiger charge is 2.23. The Morgan fingerprint density at radius 2 is 2.24 bits per heavy atom. The van der Waals surface area contributed by atoms with Gasteiger partial charge < -0.3 is 19.9 Å². The van der Waals surface area contributed by atoms with Crippen LogP contribution in [0.3, 0.4) is 0 Å². The molecule has 0 fully saturated rings. The van der Waals surface area contributed by atoms with E-state index in [1.807, 2.05) is 31.3 Å². The van der Waals surface area contributed by atoms with Gasteiger partial charge >= 0.3 is 0 Å². The summed E-state index contributed by atoms with van der Waals surface area (Å²) in [6.07, 6.45) is 3.77. The minimum absolute atomic E-state index is 0.0385. The lowest BCUT2D eigenvalue weighted by Gasteiger charge is -2.27. The third-order valence-corrected chi connectivity index (χ3v) is 4.24. The van der Waals surface area contributed by atoms with E-state index in [0.717, 1.165) is 17.7 Å². The van der Waals surface area contributed by atoms with E-state index in [-0.39, 0.29) is 18.5 Å². The maximum absolute atomic E-state index is 12.5. The van der Waals surface area contributed by atoms with Gasteiger partial charge in [-0.1, -0.05) is 18.2 Å². The monoisotopic (exact) mass is 338 g/mol. The highest BCUT2D eigenvalue weighted by atomic mass is 16.5. The fourth-order valence-corrected chi connectivity index (χ4v) is 3.06. The van der Waals surface area contributed by atoms with Crippen LogP contribution in [0.5, 0.6) is 5.75 Å². The van der Waals surface area contributed by atoms with Crippen LogP contribution < -0.4 is 15.0 Å². The molecule has 8 nitrogen and oxygen atoms in total. The predicted octanol–water partition coefficient (Wildman–Crippen LogP) is 1.43. The van der Waals surface area contributed by atoms with Crippen molar-refractivity contribution in [2.45, 2.75) is 12.5 Å². The molecule has 4 rings (SSSR count). The third-order valence-electron chi connectivity index (χ3n) is 4.24. The molecule has 1 aromatic carbocycles. The second-order valence-corrected chi connectivity index (χ2v) is 5.95. The fourth-order valence-electron chi connectivity index (χ4n) is 3.06. The maximum atomic E-state index is 12.5. The smallest absolute Gasteiger partial charge is 0.240 e. The van der Waals surface area contributed by atoms with Crippen molar-refractivity contribution in [3.63, 3.8) is 0 Å². The number of para-hydroxylation sites is 1. The molecule has 1 atom stereocenters. The molecule has 1 amide bonds. The number of fused-ring (bicyclic) bond motifs is 2. The van der Waals surface area contributed by atoms with E-state index in [2.05, 4.69) is 25.3 Å². The Kier molecular flexibility index (Phi) is 3.93. The summed E-state index contributed by atoms with van der Waals surface area (Å²) in [5.74, 6) is 1.41. The predicted molar refractivity (Wildman–Crippen MR) is 92.4 cm³/mol. The number of carbonyl (C=O) groups is 1. The van der Waals surface area contributed by atoms with E-state index in [0.29, 0.717) is 23.6 Å². The van der Waals surface area contributed by atoms with Crippen LogP contribution in [0.15, 0.2) is 36.9 Å². The van der Waals surface area contributed by atoms with E-state index >= 15 is 0 Å². The lowest BCUT2D eigenvalue weighted by molar-refractivity contribution is -0.120. The second-order valence-electron chi connectivity index (χ2n) is 5.95. The average Bonchev–Trinajstić information content (AvgIpc) is 3.10. The molecule has 2 N–H and O–H groups in total. The highest BCUT2D eigenvalue weighted by Crippen LogP contribution is 2.31. The molecule has 0 bridgehead atoms. The number of benzene rings is 1. The number of H-pyrrole nitrogens is 1. The van der Waals surface area contributed by atoms with Crippen molar-refractivity contribution in [3.05, 3.63) is 42.5 Å². The zero-order valence-corrected chi connectivity index (χ0v) is 13.8. The minimum Gasteiger partial charge on any atom is -0.493 e. The first-order chi connectivity index (χ1) is 12.2. The largest absolute Gasteiger partial charge is 0.493 e.